The number of aryl methyl sites for hydroxylation is 1. The van der Waals surface area contributed by atoms with E-state index in [2.05, 4.69) is 26.2 Å². The molecule has 138 valence electrons. The fourth-order valence-corrected chi connectivity index (χ4v) is 4.72. The van der Waals surface area contributed by atoms with Gasteiger partial charge in [-0.3, -0.25) is 4.79 Å². The molecule has 2 aromatic heterocycles. The van der Waals surface area contributed by atoms with Crippen LogP contribution in [0.3, 0.4) is 0 Å². The predicted molar refractivity (Wildman–Crippen MR) is 112 cm³/mol. The number of aliphatic imine (C=N–C) groups is 1. The third-order valence-electron chi connectivity index (χ3n) is 4.58. The molecule has 1 N–H and O–H groups in total. The number of benzene rings is 1. The molecule has 1 amide bonds. The van der Waals surface area contributed by atoms with E-state index in [0.717, 1.165) is 45.6 Å². The number of furan rings is 1. The molecule has 0 spiro atoms. The van der Waals surface area contributed by atoms with E-state index in [9.17, 15) is 4.79 Å². The zero-order chi connectivity index (χ0) is 18.6. The van der Waals surface area contributed by atoms with Crippen LogP contribution in [-0.4, -0.2) is 12.1 Å². The third-order valence-corrected chi connectivity index (χ3v) is 6.31. The van der Waals surface area contributed by atoms with Gasteiger partial charge in [0.15, 0.2) is 0 Å². The molecule has 4 nitrogen and oxygen atoms in total. The van der Waals surface area contributed by atoms with Crippen molar-refractivity contribution in [2.45, 2.75) is 32.2 Å². The second-order valence-corrected chi connectivity index (χ2v) is 8.46. The maximum absolute atomic E-state index is 12.9. The highest BCUT2D eigenvalue weighted by atomic mass is 79.9. The average molecular weight is 443 g/mol. The van der Waals surface area contributed by atoms with E-state index < -0.39 is 0 Å². The van der Waals surface area contributed by atoms with Gasteiger partial charge in [-0.2, -0.15) is 0 Å². The molecule has 6 heteroatoms. The third kappa shape index (κ3) is 4.22. The number of amides is 1. The van der Waals surface area contributed by atoms with Crippen LogP contribution in [0.25, 0.3) is 0 Å². The molecule has 0 atom stereocenters. The first-order chi connectivity index (χ1) is 13.2. The highest BCUT2D eigenvalue weighted by molar-refractivity contribution is 9.10. The van der Waals surface area contributed by atoms with E-state index in [1.165, 1.54) is 16.9 Å². The van der Waals surface area contributed by atoms with Crippen molar-refractivity contribution in [1.29, 1.82) is 0 Å². The monoisotopic (exact) mass is 442 g/mol. The number of thiophene rings is 1. The molecule has 1 aromatic carbocycles. The van der Waals surface area contributed by atoms with Gasteiger partial charge in [-0.25, -0.2) is 4.99 Å². The summed E-state index contributed by atoms with van der Waals surface area (Å²) in [5.74, 6) is 0.668. The summed E-state index contributed by atoms with van der Waals surface area (Å²) in [5, 5.41) is 3.77. The van der Waals surface area contributed by atoms with Gasteiger partial charge in [-0.1, -0.05) is 28.1 Å². The maximum Gasteiger partial charge on any atom is 0.255 e. The Kier molecular flexibility index (Phi) is 5.55. The van der Waals surface area contributed by atoms with Gasteiger partial charge in [0.2, 0.25) is 0 Å². The van der Waals surface area contributed by atoms with Crippen molar-refractivity contribution in [3.63, 3.8) is 0 Å². The van der Waals surface area contributed by atoms with Gasteiger partial charge < -0.3 is 9.73 Å². The zero-order valence-electron chi connectivity index (χ0n) is 14.7. The summed E-state index contributed by atoms with van der Waals surface area (Å²) in [6.45, 7) is 0.381. The summed E-state index contributed by atoms with van der Waals surface area (Å²) in [7, 11) is 0. The number of carbonyl (C=O) groups excluding carboxylic acids is 1. The van der Waals surface area contributed by atoms with Crippen molar-refractivity contribution in [2.24, 2.45) is 4.99 Å². The van der Waals surface area contributed by atoms with Gasteiger partial charge in [0.05, 0.1) is 18.4 Å². The first-order valence-corrected chi connectivity index (χ1v) is 10.6. The molecule has 1 aliphatic rings. The summed E-state index contributed by atoms with van der Waals surface area (Å²) in [6.07, 6.45) is 7.72. The van der Waals surface area contributed by atoms with Crippen LogP contribution >= 0.6 is 27.3 Å². The van der Waals surface area contributed by atoms with Gasteiger partial charge in [0, 0.05) is 15.6 Å². The molecule has 3 aromatic rings. The number of carbonyl (C=O) groups is 1. The number of nitrogens with zero attached hydrogens (tertiary/aromatic N) is 1. The van der Waals surface area contributed by atoms with Crippen molar-refractivity contribution < 1.29 is 9.21 Å². The SMILES string of the molecule is O=C(NCc1ccco1)c1c(N=Cc2ccc(Br)cc2)sc2c1CCCC2. The van der Waals surface area contributed by atoms with Gasteiger partial charge >= 0.3 is 0 Å². The van der Waals surface area contributed by atoms with Crippen LogP contribution in [0.4, 0.5) is 5.00 Å². The summed E-state index contributed by atoms with van der Waals surface area (Å²) in [6, 6.07) is 11.6. The van der Waals surface area contributed by atoms with Crippen LogP contribution in [0.15, 0.2) is 56.5 Å². The van der Waals surface area contributed by atoms with Crippen LogP contribution < -0.4 is 5.32 Å². The Balaban J connectivity index is 1.61. The molecule has 0 fully saturated rings. The van der Waals surface area contributed by atoms with Gasteiger partial charge in [0.1, 0.15) is 10.8 Å². The smallest absolute Gasteiger partial charge is 0.255 e. The summed E-state index contributed by atoms with van der Waals surface area (Å²) in [5.41, 5.74) is 2.91. The fourth-order valence-electron chi connectivity index (χ4n) is 3.23. The standard InChI is InChI=1S/C21H19BrN2O2S/c22-15-9-7-14(8-10-15)12-24-21-19(17-5-1-2-6-18(17)27-21)20(25)23-13-16-4-3-11-26-16/h3-4,7-12H,1-2,5-6,13H2,(H,23,25). The van der Waals surface area contributed by atoms with Crippen molar-refractivity contribution in [2.75, 3.05) is 0 Å². The molecular weight excluding hydrogens is 424 g/mol. The average Bonchev–Trinajstić information content (AvgIpc) is 3.33. The molecule has 2 heterocycles. The lowest BCUT2D eigenvalue weighted by atomic mass is 9.95. The van der Waals surface area contributed by atoms with E-state index >= 15 is 0 Å². The van der Waals surface area contributed by atoms with Gasteiger partial charge in [-0.05, 0) is 61.1 Å². The van der Waals surface area contributed by atoms with E-state index in [-0.39, 0.29) is 5.91 Å². The summed E-state index contributed by atoms with van der Waals surface area (Å²) in [4.78, 5) is 18.9. The van der Waals surface area contributed by atoms with E-state index in [4.69, 9.17) is 4.42 Å². The second kappa shape index (κ2) is 8.23. The molecule has 0 aliphatic heterocycles. The molecule has 27 heavy (non-hydrogen) atoms. The van der Waals surface area contributed by atoms with Crippen LogP contribution in [0.2, 0.25) is 0 Å². The maximum atomic E-state index is 12.9. The Morgan fingerprint density at radius 1 is 1.22 bits per heavy atom. The Bertz CT molecular complexity index is 959. The van der Waals surface area contributed by atoms with Crippen molar-refractivity contribution >= 4 is 44.4 Å². The molecule has 0 saturated heterocycles. The second-order valence-electron chi connectivity index (χ2n) is 6.46. The van der Waals surface area contributed by atoms with E-state index in [1.807, 2.05) is 42.6 Å². The van der Waals surface area contributed by atoms with Crippen molar-refractivity contribution in [3.8, 4) is 0 Å². The molecular formula is C21H19BrN2O2S. The number of rotatable bonds is 5. The van der Waals surface area contributed by atoms with Gasteiger partial charge in [-0.15, -0.1) is 11.3 Å². The van der Waals surface area contributed by atoms with Gasteiger partial charge in [0.25, 0.3) is 5.91 Å². The first-order valence-electron chi connectivity index (χ1n) is 8.95. The molecule has 0 bridgehead atoms. The van der Waals surface area contributed by atoms with E-state index in [1.54, 1.807) is 17.6 Å². The zero-order valence-corrected chi connectivity index (χ0v) is 17.1. The minimum absolute atomic E-state index is 0.0752. The Morgan fingerprint density at radius 3 is 2.81 bits per heavy atom. The lowest BCUT2D eigenvalue weighted by Gasteiger charge is -2.12. The minimum atomic E-state index is -0.0752. The molecule has 1 aliphatic carbocycles. The Labute approximate surface area is 170 Å². The number of hydrogen-bond acceptors (Lipinski definition) is 4. The summed E-state index contributed by atoms with van der Waals surface area (Å²) < 4.78 is 6.35. The van der Waals surface area contributed by atoms with Crippen LogP contribution in [0, 0.1) is 0 Å². The van der Waals surface area contributed by atoms with Crippen LogP contribution in [0.1, 0.15) is 45.0 Å². The molecule has 0 radical (unpaired) electrons. The number of halogens is 1. The normalized spacial score (nSPS) is 13.7. The lowest BCUT2D eigenvalue weighted by Crippen LogP contribution is -2.23. The highest BCUT2D eigenvalue weighted by Gasteiger charge is 2.25. The molecule has 4 rings (SSSR count). The fraction of sp³-hybridized carbons (Fsp3) is 0.238. The predicted octanol–water partition coefficient (Wildman–Crippen LogP) is 5.66. The van der Waals surface area contributed by atoms with E-state index in [0.29, 0.717) is 6.54 Å². The largest absolute Gasteiger partial charge is 0.467 e. The topological polar surface area (TPSA) is 54.6 Å². The first kappa shape index (κ1) is 18.2. The van der Waals surface area contributed by atoms with Crippen LogP contribution in [-0.2, 0) is 19.4 Å². The molecule has 0 unspecified atom stereocenters. The number of fused-ring (bicyclic) bond motifs is 1. The van der Waals surface area contributed by atoms with Crippen molar-refractivity contribution in [3.05, 3.63) is 74.5 Å². The Hall–Kier alpha value is -2.18. The molecule has 0 saturated carbocycles. The summed E-state index contributed by atoms with van der Waals surface area (Å²) >= 11 is 5.09. The number of nitrogens with one attached hydrogen (secondary N) is 1. The van der Waals surface area contributed by atoms with Crippen molar-refractivity contribution in [1.82, 2.24) is 5.32 Å². The quantitative estimate of drug-likeness (QED) is 0.517. The van der Waals surface area contributed by atoms with Crippen LogP contribution in [0.5, 0.6) is 0 Å². The Morgan fingerprint density at radius 2 is 2.04 bits per heavy atom. The number of hydrogen-bond donors (Lipinski definition) is 1. The highest BCUT2D eigenvalue weighted by Crippen LogP contribution is 2.39. The lowest BCUT2D eigenvalue weighted by molar-refractivity contribution is 0.0948. The minimum Gasteiger partial charge on any atom is -0.467 e.